The highest BCUT2D eigenvalue weighted by atomic mass is 79.9. The molecule has 3 unspecified atom stereocenters. The molecular formula is C30H35BrN6O3S. The van der Waals surface area contributed by atoms with Crippen molar-refractivity contribution in [1.82, 2.24) is 19.7 Å². The van der Waals surface area contributed by atoms with E-state index < -0.39 is 15.9 Å². The van der Waals surface area contributed by atoms with Crippen LogP contribution in [0.3, 0.4) is 0 Å². The summed E-state index contributed by atoms with van der Waals surface area (Å²) in [7, 11) is -4.26. The van der Waals surface area contributed by atoms with Gasteiger partial charge in [-0.1, -0.05) is 26.8 Å². The molecule has 3 aromatic heterocycles. The summed E-state index contributed by atoms with van der Waals surface area (Å²) in [4.78, 5) is 30.0. The van der Waals surface area contributed by atoms with Crippen molar-refractivity contribution in [2.75, 3.05) is 16.8 Å². The molecule has 0 aromatic carbocycles. The molecular weight excluding hydrogens is 604 g/mol. The second-order valence-electron chi connectivity index (χ2n) is 13.3. The van der Waals surface area contributed by atoms with Gasteiger partial charge in [0.2, 0.25) is 0 Å². The summed E-state index contributed by atoms with van der Waals surface area (Å²) in [5, 5.41) is 3.22. The number of sulfonamides is 1. The largest absolute Gasteiger partial charge is 0.362 e. The van der Waals surface area contributed by atoms with Crippen LogP contribution in [0.15, 0.2) is 58.2 Å². The van der Waals surface area contributed by atoms with Crippen molar-refractivity contribution >= 4 is 43.5 Å². The van der Waals surface area contributed by atoms with Gasteiger partial charge in [-0.2, -0.15) is 8.42 Å². The Bertz CT molecular complexity index is 1640. The van der Waals surface area contributed by atoms with E-state index in [-0.39, 0.29) is 33.0 Å². The van der Waals surface area contributed by atoms with Crippen molar-refractivity contribution in [1.29, 1.82) is 0 Å². The van der Waals surface area contributed by atoms with Gasteiger partial charge in [0.25, 0.3) is 15.9 Å². The lowest BCUT2D eigenvalue weighted by atomic mass is 9.90. The van der Waals surface area contributed by atoms with Gasteiger partial charge in [-0.15, -0.1) is 0 Å². The number of halogens is 1. The van der Waals surface area contributed by atoms with E-state index in [0.717, 1.165) is 41.7 Å². The van der Waals surface area contributed by atoms with E-state index in [0.29, 0.717) is 17.6 Å². The van der Waals surface area contributed by atoms with Gasteiger partial charge in [0.05, 0.1) is 17.3 Å². The molecule has 11 heteroatoms. The third-order valence-corrected chi connectivity index (χ3v) is 10.4. The molecule has 41 heavy (non-hydrogen) atoms. The molecule has 3 aliphatic rings. The first-order chi connectivity index (χ1) is 19.2. The molecule has 9 nitrogen and oxygen atoms in total. The first-order valence-corrected chi connectivity index (χ1v) is 16.2. The summed E-state index contributed by atoms with van der Waals surface area (Å²) in [5.74, 6) is 0.627. The highest BCUT2D eigenvalue weighted by Gasteiger charge is 2.63. The lowest BCUT2D eigenvalue weighted by Gasteiger charge is -2.34. The summed E-state index contributed by atoms with van der Waals surface area (Å²) in [6.45, 7) is 11.3. The Hall–Kier alpha value is -3.05. The molecule has 1 saturated carbocycles. The number of nitrogens with zero attached hydrogens (tertiary/aromatic N) is 4. The number of anilines is 2. The van der Waals surface area contributed by atoms with Crippen LogP contribution in [0.2, 0.25) is 0 Å². The Morgan fingerprint density at radius 3 is 2.56 bits per heavy atom. The fourth-order valence-electron chi connectivity index (χ4n) is 6.51. The molecule has 5 heterocycles. The maximum atomic E-state index is 13.6. The molecule has 1 saturated heterocycles. The first-order valence-electron chi connectivity index (χ1n) is 13.9. The van der Waals surface area contributed by atoms with E-state index >= 15 is 0 Å². The Morgan fingerprint density at radius 1 is 1.07 bits per heavy atom. The molecule has 216 valence electrons. The maximum absolute atomic E-state index is 13.6. The molecule has 2 aliphatic heterocycles. The highest BCUT2D eigenvalue weighted by molar-refractivity contribution is 9.10. The fourth-order valence-corrected chi connectivity index (χ4v) is 7.68. The van der Waals surface area contributed by atoms with Crippen molar-refractivity contribution < 1.29 is 13.2 Å². The van der Waals surface area contributed by atoms with Crippen LogP contribution in [0.4, 0.5) is 11.6 Å². The number of hydrogen-bond acceptors (Lipinski definition) is 8. The standard InChI is InChI=1S/C30H35BrN6O3S/c1-28(2,3)23-12-10-20-26(34-23)37-17-30(16-29(37,4)5)14-18(30)13-22(21-11-9-19(31)15-32-21)33-24-7-6-8-25(35-24)41(39,40)36-27(20)38/h6-12,15,18,22H,13-14,16-17H2,1-5H3,(H,33,35)(H,36,38). The van der Waals surface area contributed by atoms with E-state index in [4.69, 9.17) is 4.98 Å². The average Bonchev–Trinajstić information content (AvgIpc) is 3.46. The number of amides is 1. The van der Waals surface area contributed by atoms with Crippen molar-refractivity contribution in [3.05, 3.63) is 70.1 Å². The van der Waals surface area contributed by atoms with Gasteiger partial charge in [0, 0.05) is 33.9 Å². The third-order valence-electron chi connectivity index (χ3n) is 8.67. The zero-order valence-corrected chi connectivity index (χ0v) is 26.3. The van der Waals surface area contributed by atoms with E-state index in [1.807, 2.05) is 18.2 Å². The van der Waals surface area contributed by atoms with Gasteiger partial charge >= 0.3 is 0 Å². The summed E-state index contributed by atoms with van der Waals surface area (Å²) in [5.41, 5.74) is 1.47. The zero-order chi connectivity index (χ0) is 29.4. The first kappa shape index (κ1) is 28.1. The van der Waals surface area contributed by atoms with Crippen molar-refractivity contribution in [2.24, 2.45) is 11.3 Å². The minimum absolute atomic E-state index is 0.0630. The summed E-state index contributed by atoms with van der Waals surface area (Å²) >= 11 is 3.47. The van der Waals surface area contributed by atoms with Gasteiger partial charge in [-0.3, -0.25) is 9.78 Å². The van der Waals surface area contributed by atoms with E-state index in [9.17, 15) is 13.2 Å². The number of pyridine rings is 3. The Kier molecular flexibility index (Phi) is 6.50. The van der Waals surface area contributed by atoms with Gasteiger partial charge in [-0.05, 0) is 96.8 Å². The lowest BCUT2D eigenvalue weighted by Crippen LogP contribution is -2.41. The number of hydrogen-bond donors (Lipinski definition) is 2. The smallest absolute Gasteiger partial charge is 0.281 e. The van der Waals surface area contributed by atoms with Crippen LogP contribution in [-0.2, 0) is 15.4 Å². The van der Waals surface area contributed by atoms with Crippen LogP contribution in [0.5, 0.6) is 0 Å². The molecule has 2 N–H and O–H groups in total. The number of aromatic nitrogens is 3. The number of carbonyl (C=O) groups is 1. The number of fused-ring (bicyclic) bond motifs is 5. The van der Waals surface area contributed by atoms with E-state index in [1.165, 1.54) is 6.07 Å². The summed E-state index contributed by atoms with van der Waals surface area (Å²) in [6, 6.07) is 12.0. The van der Waals surface area contributed by atoms with Gasteiger partial charge < -0.3 is 10.2 Å². The quantitative estimate of drug-likeness (QED) is 0.354. The monoisotopic (exact) mass is 638 g/mol. The van der Waals surface area contributed by atoms with Crippen molar-refractivity contribution in [2.45, 2.75) is 75.9 Å². The van der Waals surface area contributed by atoms with Crippen LogP contribution < -0.4 is 14.9 Å². The van der Waals surface area contributed by atoms with Crippen LogP contribution in [0.25, 0.3) is 0 Å². The van der Waals surface area contributed by atoms with E-state index in [1.54, 1.807) is 24.4 Å². The molecule has 3 atom stereocenters. The predicted molar refractivity (Wildman–Crippen MR) is 161 cm³/mol. The minimum atomic E-state index is -4.26. The van der Waals surface area contributed by atoms with Gasteiger partial charge in [-0.25, -0.2) is 14.7 Å². The summed E-state index contributed by atoms with van der Waals surface area (Å²) in [6.07, 6.45) is 4.59. The number of nitrogens with one attached hydrogen (secondary N) is 2. The molecule has 4 bridgehead atoms. The SMILES string of the molecule is CC(C)(C)c1ccc2c(n1)N1CC3(CC3CC(c3ccc(Br)cn3)Nc3cccc(n3)S(=O)(=O)NC2=O)CC1(C)C. The van der Waals surface area contributed by atoms with Crippen molar-refractivity contribution in [3.8, 4) is 0 Å². The Labute approximate surface area is 249 Å². The average molecular weight is 640 g/mol. The molecule has 0 radical (unpaired) electrons. The fraction of sp³-hybridized carbons (Fsp3) is 0.467. The molecule has 1 amide bonds. The zero-order valence-electron chi connectivity index (χ0n) is 23.9. The second kappa shape index (κ2) is 9.49. The predicted octanol–water partition coefficient (Wildman–Crippen LogP) is 5.60. The third kappa shape index (κ3) is 5.22. The second-order valence-corrected chi connectivity index (χ2v) is 15.8. The maximum Gasteiger partial charge on any atom is 0.281 e. The molecule has 1 aliphatic carbocycles. The van der Waals surface area contributed by atoms with Crippen LogP contribution in [0, 0.1) is 11.3 Å². The van der Waals surface area contributed by atoms with Crippen LogP contribution >= 0.6 is 15.9 Å². The van der Waals surface area contributed by atoms with Crippen molar-refractivity contribution in [3.63, 3.8) is 0 Å². The lowest BCUT2D eigenvalue weighted by molar-refractivity contribution is 0.0981. The highest BCUT2D eigenvalue weighted by Crippen LogP contribution is 2.65. The normalized spacial score (nSPS) is 26.5. The number of carbonyl (C=O) groups excluding carboxylic acids is 1. The van der Waals surface area contributed by atoms with Gasteiger partial charge in [0.15, 0.2) is 5.03 Å². The minimum Gasteiger partial charge on any atom is -0.362 e. The van der Waals surface area contributed by atoms with Gasteiger partial charge in [0.1, 0.15) is 11.6 Å². The number of rotatable bonds is 1. The van der Waals surface area contributed by atoms with Crippen LogP contribution in [-0.4, -0.2) is 41.4 Å². The Morgan fingerprint density at radius 2 is 1.85 bits per heavy atom. The van der Waals surface area contributed by atoms with E-state index in [2.05, 4.69) is 75.5 Å². The summed E-state index contributed by atoms with van der Waals surface area (Å²) < 4.78 is 30.0. The molecule has 3 aromatic rings. The molecule has 1 spiro atoms. The molecule has 2 fully saturated rings. The van der Waals surface area contributed by atoms with Crippen LogP contribution in [0.1, 0.15) is 81.7 Å². The topological polar surface area (TPSA) is 117 Å². The Balaban J connectivity index is 1.49. The molecule has 6 rings (SSSR count).